The Balaban J connectivity index is 1.74. The molecule has 1 aromatic heterocycles. The van der Waals surface area contributed by atoms with Crippen molar-refractivity contribution in [2.45, 2.75) is 39.3 Å². The summed E-state index contributed by atoms with van der Waals surface area (Å²) >= 11 is 0. The van der Waals surface area contributed by atoms with Crippen molar-refractivity contribution in [3.63, 3.8) is 0 Å². The summed E-state index contributed by atoms with van der Waals surface area (Å²) in [6, 6.07) is 9.09. The second kappa shape index (κ2) is 4.86. The maximum absolute atomic E-state index is 6.24. The van der Waals surface area contributed by atoms with E-state index in [4.69, 9.17) is 5.73 Å². The van der Waals surface area contributed by atoms with Crippen molar-refractivity contribution in [3.8, 4) is 0 Å². The molecule has 2 N–H and O–H groups in total. The van der Waals surface area contributed by atoms with E-state index in [2.05, 4.69) is 55.1 Å². The topological polar surface area (TPSA) is 30.9 Å². The van der Waals surface area contributed by atoms with E-state index in [9.17, 15) is 0 Å². The van der Waals surface area contributed by atoms with Gasteiger partial charge in [0.15, 0.2) is 0 Å². The standard InChI is InChI=1S/C17H22N2/c1-12-3-4-14(9-13(12)2)10-19-8-7-16(11-19)17(18)15-5-6-15/h3-4,7-9,11,15,17H,5-6,10,18H2,1-2H3. The molecule has 100 valence electrons. The Labute approximate surface area is 115 Å². The lowest BCUT2D eigenvalue weighted by molar-refractivity contribution is 0.631. The van der Waals surface area contributed by atoms with E-state index in [1.165, 1.54) is 35.1 Å². The minimum absolute atomic E-state index is 0.237. The molecule has 1 fully saturated rings. The minimum atomic E-state index is 0.237. The van der Waals surface area contributed by atoms with E-state index in [0.29, 0.717) is 0 Å². The lowest BCUT2D eigenvalue weighted by Crippen LogP contribution is -2.11. The number of nitrogens with two attached hydrogens (primary N) is 1. The highest BCUT2D eigenvalue weighted by Gasteiger charge is 2.29. The molecule has 0 aliphatic heterocycles. The quantitative estimate of drug-likeness (QED) is 0.888. The lowest BCUT2D eigenvalue weighted by Gasteiger charge is -2.08. The fraction of sp³-hybridized carbons (Fsp3) is 0.412. The van der Waals surface area contributed by atoms with Gasteiger partial charge in [-0.1, -0.05) is 18.2 Å². The van der Waals surface area contributed by atoms with Gasteiger partial charge < -0.3 is 10.3 Å². The molecule has 1 aromatic carbocycles. The normalized spacial score (nSPS) is 16.6. The summed E-state index contributed by atoms with van der Waals surface area (Å²) in [6.07, 6.45) is 6.94. The molecular weight excluding hydrogens is 232 g/mol. The Morgan fingerprint density at radius 3 is 2.68 bits per heavy atom. The van der Waals surface area contributed by atoms with Gasteiger partial charge in [-0.15, -0.1) is 0 Å². The highest BCUT2D eigenvalue weighted by Crippen LogP contribution is 2.39. The van der Waals surface area contributed by atoms with Crippen LogP contribution in [-0.4, -0.2) is 4.57 Å². The number of nitrogens with zero attached hydrogens (tertiary/aromatic N) is 1. The van der Waals surface area contributed by atoms with E-state index >= 15 is 0 Å². The first kappa shape index (κ1) is 12.5. The van der Waals surface area contributed by atoms with Gasteiger partial charge in [0.05, 0.1) is 0 Å². The van der Waals surface area contributed by atoms with Crippen molar-refractivity contribution in [2.75, 3.05) is 0 Å². The SMILES string of the molecule is Cc1ccc(Cn2ccc(C(N)C3CC3)c2)cc1C. The fourth-order valence-corrected chi connectivity index (χ4v) is 2.60. The molecule has 2 nitrogen and oxygen atoms in total. The molecule has 2 aromatic rings. The van der Waals surface area contributed by atoms with Crippen molar-refractivity contribution in [1.82, 2.24) is 4.57 Å². The summed E-state index contributed by atoms with van der Waals surface area (Å²) in [5.74, 6) is 0.720. The van der Waals surface area contributed by atoms with Gasteiger partial charge in [-0.3, -0.25) is 0 Å². The summed E-state index contributed by atoms with van der Waals surface area (Å²) in [5.41, 5.74) is 11.6. The van der Waals surface area contributed by atoms with Gasteiger partial charge in [-0.25, -0.2) is 0 Å². The predicted octanol–water partition coefficient (Wildman–Crippen LogP) is 3.56. The Morgan fingerprint density at radius 1 is 1.21 bits per heavy atom. The van der Waals surface area contributed by atoms with E-state index in [0.717, 1.165) is 12.5 Å². The van der Waals surface area contributed by atoms with Gasteiger partial charge in [0.25, 0.3) is 0 Å². The molecule has 1 aliphatic rings. The van der Waals surface area contributed by atoms with Crippen LogP contribution >= 0.6 is 0 Å². The van der Waals surface area contributed by atoms with Gasteiger partial charge in [0.2, 0.25) is 0 Å². The number of benzene rings is 1. The maximum Gasteiger partial charge on any atom is 0.0470 e. The minimum Gasteiger partial charge on any atom is -0.350 e. The third-order valence-electron chi connectivity index (χ3n) is 4.22. The predicted molar refractivity (Wildman–Crippen MR) is 79.1 cm³/mol. The molecule has 0 bridgehead atoms. The number of aromatic nitrogens is 1. The summed E-state index contributed by atoms with van der Waals surface area (Å²) < 4.78 is 2.24. The van der Waals surface area contributed by atoms with Crippen LogP contribution in [0.1, 0.15) is 41.1 Å². The third-order valence-corrected chi connectivity index (χ3v) is 4.22. The second-order valence-corrected chi connectivity index (χ2v) is 5.90. The zero-order valence-electron chi connectivity index (χ0n) is 11.8. The van der Waals surface area contributed by atoms with Crippen molar-refractivity contribution in [3.05, 3.63) is 58.9 Å². The molecule has 0 spiro atoms. The first-order valence-corrected chi connectivity index (χ1v) is 7.11. The van der Waals surface area contributed by atoms with Crippen molar-refractivity contribution in [1.29, 1.82) is 0 Å². The fourth-order valence-electron chi connectivity index (χ4n) is 2.60. The Bertz CT molecular complexity index is 579. The van der Waals surface area contributed by atoms with Crippen molar-refractivity contribution >= 4 is 0 Å². The molecule has 3 rings (SSSR count). The van der Waals surface area contributed by atoms with Crippen LogP contribution in [0, 0.1) is 19.8 Å². The number of hydrogen-bond donors (Lipinski definition) is 1. The smallest absolute Gasteiger partial charge is 0.0470 e. The Morgan fingerprint density at radius 2 is 2.00 bits per heavy atom. The largest absolute Gasteiger partial charge is 0.350 e. The highest BCUT2D eigenvalue weighted by atomic mass is 14.9. The first-order valence-electron chi connectivity index (χ1n) is 7.11. The third kappa shape index (κ3) is 2.74. The van der Waals surface area contributed by atoms with Crippen LogP contribution in [-0.2, 0) is 6.54 Å². The molecule has 1 atom stereocenters. The average molecular weight is 254 g/mol. The average Bonchev–Trinajstić information content (AvgIpc) is 3.14. The number of aryl methyl sites for hydroxylation is 2. The van der Waals surface area contributed by atoms with Gasteiger partial charge >= 0.3 is 0 Å². The van der Waals surface area contributed by atoms with Gasteiger partial charge in [0.1, 0.15) is 0 Å². The summed E-state index contributed by atoms with van der Waals surface area (Å²) in [7, 11) is 0. The molecule has 1 aliphatic carbocycles. The zero-order chi connectivity index (χ0) is 13.4. The molecule has 1 unspecified atom stereocenters. The maximum atomic E-state index is 6.24. The highest BCUT2D eigenvalue weighted by molar-refractivity contribution is 5.30. The first-order chi connectivity index (χ1) is 9.13. The van der Waals surface area contributed by atoms with Crippen molar-refractivity contribution in [2.24, 2.45) is 11.7 Å². The van der Waals surface area contributed by atoms with Crippen LogP contribution in [0.2, 0.25) is 0 Å². The molecule has 0 saturated heterocycles. The second-order valence-electron chi connectivity index (χ2n) is 5.90. The molecule has 0 radical (unpaired) electrons. The van der Waals surface area contributed by atoms with Crippen LogP contribution in [0.3, 0.4) is 0 Å². The van der Waals surface area contributed by atoms with Crippen molar-refractivity contribution < 1.29 is 0 Å². The van der Waals surface area contributed by atoms with E-state index in [1.807, 2.05) is 0 Å². The van der Waals surface area contributed by atoms with Gasteiger partial charge in [-0.2, -0.15) is 0 Å². The molecule has 2 heteroatoms. The van der Waals surface area contributed by atoms with Crippen LogP contribution < -0.4 is 5.73 Å². The van der Waals surface area contributed by atoms with Crippen LogP contribution in [0.15, 0.2) is 36.7 Å². The van der Waals surface area contributed by atoms with Crippen LogP contribution in [0.4, 0.5) is 0 Å². The monoisotopic (exact) mass is 254 g/mol. The molecular formula is C17H22N2. The molecule has 1 heterocycles. The van der Waals surface area contributed by atoms with Crippen LogP contribution in [0.5, 0.6) is 0 Å². The summed E-state index contributed by atoms with van der Waals surface area (Å²) in [5, 5.41) is 0. The van der Waals surface area contributed by atoms with E-state index in [1.54, 1.807) is 0 Å². The molecule has 0 amide bonds. The number of hydrogen-bond acceptors (Lipinski definition) is 1. The van der Waals surface area contributed by atoms with E-state index in [-0.39, 0.29) is 6.04 Å². The number of rotatable bonds is 4. The van der Waals surface area contributed by atoms with Gasteiger partial charge in [0, 0.05) is 25.0 Å². The van der Waals surface area contributed by atoms with Gasteiger partial charge in [-0.05, 0) is 60.9 Å². The molecule has 19 heavy (non-hydrogen) atoms. The molecule has 1 saturated carbocycles. The summed E-state index contributed by atoms with van der Waals surface area (Å²) in [6.45, 7) is 5.25. The Hall–Kier alpha value is -1.54. The zero-order valence-corrected chi connectivity index (χ0v) is 11.8. The lowest BCUT2D eigenvalue weighted by atomic mass is 10.1. The Kier molecular flexibility index (Phi) is 3.19. The van der Waals surface area contributed by atoms with E-state index < -0.39 is 0 Å². The summed E-state index contributed by atoms with van der Waals surface area (Å²) in [4.78, 5) is 0. The van der Waals surface area contributed by atoms with Crippen LogP contribution in [0.25, 0.3) is 0 Å².